The van der Waals surface area contributed by atoms with Crippen LogP contribution in [0.2, 0.25) is 0 Å². The Morgan fingerprint density at radius 3 is 2.19 bits per heavy atom. The van der Waals surface area contributed by atoms with Crippen LogP contribution in [0.15, 0.2) is 97.5 Å². The molecule has 3 nitrogen and oxygen atoms in total. The molecule has 4 heteroatoms. The fourth-order valence-electron chi connectivity index (χ4n) is 3.53. The van der Waals surface area contributed by atoms with E-state index in [-0.39, 0.29) is 29.6 Å². The molecular formula is C27H36N3Na. The van der Waals surface area contributed by atoms with Gasteiger partial charge in [0.25, 0.3) is 0 Å². The van der Waals surface area contributed by atoms with Crippen LogP contribution in [0.25, 0.3) is 0 Å². The molecule has 0 aliphatic carbocycles. The van der Waals surface area contributed by atoms with Crippen LogP contribution < -0.4 is 40.6 Å². The predicted octanol–water partition coefficient (Wildman–Crippen LogP) is 2.78. The first-order valence-corrected chi connectivity index (χ1v) is 10.7. The fourth-order valence-corrected chi connectivity index (χ4v) is 3.53. The van der Waals surface area contributed by atoms with Crippen LogP contribution in [0, 0.1) is 6.42 Å². The third-order valence-corrected chi connectivity index (χ3v) is 5.29. The van der Waals surface area contributed by atoms with Crippen molar-refractivity contribution in [2.24, 2.45) is 5.73 Å². The Hall–Kier alpha value is -2.07. The molecule has 0 radical (unpaired) electrons. The summed E-state index contributed by atoms with van der Waals surface area (Å²) in [6.45, 7) is 16.1. The molecule has 0 aromatic heterocycles. The maximum atomic E-state index is 5.66. The molecule has 1 saturated heterocycles. The molecule has 31 heavy (non-hydrogen) atoms. The Balaban J connectivity index is 0.000000450. The van der Waals surface area contributed by atoms with Crippen molar-refractivity contribution in [1.82, 2.24) is 10.2 Å². The van der Waals surface area contributed by atoms with Gasteiger partial charge < -0.3 is 16.0 Å². The molecule has 1 aliphatic rings. The van der Waals surface area contributed by atoms with Gasteiger partial charge >= 0.3 is 29.6 Å². The number of benzene rings is 2. The first-order chi connectivity index (χ1) is 14.5. The van der Waals surface area contributed by atoms with Crippen LogP contribution in [0.5, 0.6) is 0 Å². The van der Waals surface area contributed by atoms with E-state index in [2.05, 4.69) is 72.8 Å². The number of hydrogen-bond donors (Lipinski definition) is 2. The Bertz CT molecular complexity index is 802. The van der Waals surface area contributed by atoms with Crippen molar-refractivity contribution in [3.05, 3.63) is 115 Å². The van der Waals surface area contributed by atoms with E-state index in [0.717, 1.165) is 49.4 Å². The number of likely N-dealkylation sites (tertiary alicyclic amines) is 1. The number of nitrogens with one attached hydrogen (secondary N) is 1. The van der Waals surface area contributed by atoms with Gasteiger partial charge in [0, 0.05) is 30.2 Å². The maximum absolute atomic E-state index is 5.66. The van der Waals surface area contributed by atoms with Crippen LogP contribution in [0.1, 0.15) is 43.7 Å². The summed E-state index contributed by atoms with van der Waals surface area (Å²) in [5, 5.41) is 3.47. The molecule has 1 heterocycles. The summed E-state index contributed by atoms with van der Waals surface area (Å²) in [6, 6.07) is 21.0. The Morgan fingerprint density at radius 2 is 1.65 bits per heavy atom. The summed E-state index contributed by atoms with van der Waals surface area (Å²) in [6.07, 6.45) is 6.06. The number of rotatable bonds is 9. The monoisotopic (exact) mass is 425 g/mol. The van der Waals surface area contributed by atoms with E-state index in [9.17, 15) is 0 Å². The number of nitrogens with zero attached hydrogens (tertiary/aromatic N) is 1. The minimum Gasteiger partial charge on any atom is -0.403 e. The minimum atomic E-state index is 0. The molecule has 0 spiro atoms. The summed E-state index contributed by atoms with van der Waals surface area (Å²) in [7, 11) is 0. The second kappa shape index (κ2) is 14.9. The van der Waals surface area contributed by atoms with Gasteiger partial charge in [-0.1, -0.05) is 63.1 Å². The molecule has 160 valence electrons. The topological polar surface area (TPSA) is 41.3 Å². The molecule has 0 amide bonds. The summed E-state index contributed by atoms with van der Waals surface area (Å²) in [5.41, 5.74) is 11.2. The van der Waals surface area contributed by atoms with Crippen LogP contribution in [0.3, 0.4) is 0 Å². The molecule has 1 aliphatic heterocycles. The standard InChI is InChI=1S/C19H27N3.C8H9.Na/c1-15(20)11-12-16(2)22-13-7-10-19(22)17(3)21-14-18-8-5-4-6-9-18;1-2-8-6-4-3-5-7-8;/h4-6,8-9,19,21H,1-3,7,10-14,20H2;2-7H,1H3;/q;-1;+1. The van der Waals surface area contributed by atoms with Gasteiger partial charge in [-0.15, -0.1) is 12.1 Å². The van der Waals surface area contributed by atoms with E-state index in [4.69, 9.17) is 5.73 Å². The van der Waals surface area contributed by atoms with Crippen molar-refractivity contribution < 1.29 is 29.6 Å². The second-order valence-corrected chi connectivity index (χ2v) is 7.64. The van der Waals surface area contributed by atoms with Crippen molar-refractivity contribution in [1.29, 1.82) is 0 Å². The van der Waals surface area contributed by atoms with Gasteiger partial charge in [-0.3, -0.25) is 0 Å². The number of allylic oxidation sites excluding steroid dienone is 2. The fraction of sp³-hybridized carbons (Fsp3) is 0.296. The number of nitrogens with two attached hydrogens (primary N) is 1. The molecule has 3 N–H and O–H groups in total. The molecule has 0 bridgehead atoms. The van der Waals surface area contributed by atoms with Crippen LogP contribution >= 0.6 is 0 Å². The van der Waals surface area contributed by atoms with Crippen LogP contribution in [-0.4, -0.2) is 17.5 Å². The third-order valence-electron chi connectivity index (χ3n) is 5.29. The Labute approximate surface area is 211 Å². The zero-order valence-electron chi connectivity index (χ0n) is 19.3. The van der Waals surface area contributed by atoms with E-state index in [1.54, 1.807) is 0 Å². The van der Waals surface area contributed by atoms with E-state index >= 15 is 0 Å². The zero-order valence-corrected chi connectivity index (χ0v) is 21.3. The van der Waals surface area contributed by atoms with Gasteiger partial charge in [0.1, 0.15) is 0 Å². The van der Waals surface area contributed by atoms with E-state index in [1.165, 1.54) is 17.5 Å². The first kappa shape index (κ1) is 27.0. The quantitative estimate of drug-likeness (QED) is 0.480. The molecule has 1 atom stereocenters. The van der Waals surface area contributed by atoms with Gasteiger partial charge in [0.05, 0.1) is 6.04 Å². The molecular weight excluding hydrogens is 389 g/mol. The van der Waals surface area contributed by atoms with Gasteiger partial charge in [-0.05, 0) is 31.2 Å². The summed E-state index contributed by atoms with van der Waals surface area (Å²) < 4.78 is 0. The molecule has 2 aromatic rings. The number of hydrogen-bond acceptors (Lipinski definition) is 3. The average Bonchev–Trinajstić information content (AvgIpc) is 3.28. The Morgan fingerprint density at radius 1 is 1.03 bits per heavy atom. The molecule has 1 unspecified atom stereocenters. The van der Waals surface area contributed by atoms with E-state index < -0.39 is 0 Å². The molecule has 2 aromatic carbocycles. The van der Waals surface area contributed by atoms with E-state index in [0.29, 0.717) is 6.04 Å². The summed E-state index contributed by atoms with van der Waals surface area (Å²) in [5.74, 6) is 0. The van der Waals surface area contributed by atoms with Gasteiger partial charge in [0.15, 0.2) is 0 Å². The smallest absolute Gasteiger partial charge is 0.403 e. The Kier molecular flexibility index (Phi) is 12.9. The molecule has 1 fully saturated rings. The maximum Gasteiger partial charge on any atom is 1.00 e. The van der Waals surface area contributed by atoms with Crippen molar-refractivity contribution in [2.45, 2.75) is 45.2 Å². The molecule has 0 saturated carbocycles. The minimum absolute atomic E-state index is 0. The van der Waals surface area contributed by atoms with Crippen molar-refractivity contribution in [3.8, 4) is 0 Å². The van der Waals surface area contributed by atoms with Gasteiger partial charge in [0.2, 0.25) is 0 Å². The van der Waals surface area contributed by atoms with Gasteiger partial charge in [-0.25, -0.2) is 0 Å². The normalized spacial score (nSPS) is 14.5. The molecule has 3 rings (SSSR count). The third kappa shape index (κ3) is 9.73. The first-order valence-electron chi connectivity index (χ1n) is 10.7. The van der Waals surface area contributed by atoms with Crippen LogP contribution in [-0.2, 0) is 6.54 Å². The van der Waals surface area contributed by atoms with Gasteiger partial charge in [-0.2, -0.15) is 24.1 Å². The van der Waals surface area contributed by atoms with E-state index in [1.807, 2.05) is 31.2 Å². The summed E-state index contributed by atoms with van der Waals surface area (Å²) in [4.78, 5) is 2.36. The summed E-state index contributed by atoms with van der Waals surface area (Å²) >= 11 is 0. The van der Waals surface area contributed by atoms with Crippen LogP contribution in [0.4, 0.5) is 0 Å². The average molecular weight is 426 g/mol. The van der Waals surface area contributed by atoms with Crippen molar-refractivity contribution in [3.63, 3.8) is 0 Å². The SMILES string of the molecule is C=C(N)CCC(=C)N1CCCC1C(=C)NCc1ccccc1.C[CH-]c1ccccc1.[Na+]. The largest absolute Gasteiger partial charge is 1.00 e. The second-order valence-electron chi connectivity index (χ2n) is 7.64. The van der Waals surface area contributed by atoms with Crippen molar-refractivity contribution in [2.75, 3.05) is 6.54 Å². The van der Waals surface area contributed by atoms with Crippen molar-refractivity contribution >= 4 is 0 Å². The zero-order chi connectivity index (χ0) is 21.8. The predicted molar refractivity (Wildman–Crippen MR) is 129 cm³/mol.